The van der Waals surface area contributed by atoms with Gasteiger partial charge in [0, 0.05) is 19.3 Å². The molecule has 0 aliphatic rings. The van der Waals surface area contributed by atoms with Crippen molar-refractivity contribution >= 4 is 33.6 Å². The van der Waals surface area contributed by atoms with Gasteiger partial charge < -0.3 is 34.2 Å². The molecule has 0 saturated carbocycles. The van der Waals surface area contributed by atoms with E-state index in [-0.39, 0.29) is 19.3 Å². The number of allylic oxidation sites excluding steroid dienone is 18. The fourth-order valence-corrected chi connectivity index (χ4v) is 10.7. The molecule has 0 radical (unpaired) electrons. The summed E-state index contributed by atoms with van der Waals surface area (Å²) < 4.78 is 60.8. The molecule has 91 heavy (non-hydrogen) atoms. The van der Waals surface area contributed by atoms with E-state index in [1.54, 1.807) is 0 Å². The second-order valence-electron chi connectivity index (χ2n) is 23.3. The van der Waals surface area contributed by atoms with Crippen LogP contribution in [0.15, 0.2) is 109 Å². The molecular formula is C73H126O16P2. The van der Waals surface area contributed by atoms with Crippen LogP contribution in [0.5, 0.6) is 0 Å². The van der Waals surface area contributed by atoms with Gasteiger partial charge in [-0.15, -0.1) is 0 Å². The Morgan fingerprint density at radius 2 is 0.604 bits per heavy atom. The van der Waals surface area contributed by atoms with Gasteiger partial charge in [0.05, 0.1) is 26.4 Å². The van der Waals surface area contributed by atoms with Crippen molar-refractivity contribution in [2.45, 2.75) is 296 Å². The molecule has 5 unspecified atom stereocenters. The molecule has 18 heteroatoms. The second-order valence-corrected chi connectivity index (χ2v) is 26.2. The Bertz CT molecular complexity index is 2100. The Balaban J connectivity index is 4.52. The lowest BCUT2D eigenvalue weighted by Gasteiger charge is -2.21. The molecule has 0 heterocycles. The standard InChI is InChI=1S/C73H126O16P2/c1-4-7-10-13-16-19-22-25-27-28-29-30-31-32-33-34-35-36-37-38-40-43-44-47-50-53-56-59-71(76)83-62-68(74)63-85-90(79,80)86-64-69(75)65-87-91(81,82)88-67-70(89-73(78)61-58-55-52-49-46-41-24-21-18-15-12-9-6-3)66-84-72(77)60-57-54-51-48-45-42-39-26-23-20-17-14-11-8-5-2/h7,10,12,15-16,19,21,24-27,29-30,32-33,35-36,39,68-70,74-75H,4-6,8-9,11,13-14,17-18,20,22-23,28,31,34,37-38,40-67H2,1-3H3,(H,79,80)(H,81,82)/b10-7-,15-12-,19-16-,24-21-,27-25-,30-29-,33-32-,36-35-,39-26-. The predicted molar refractivity (Wildman–Crippen MR) is 371 cm³/mol. The predicted octanol–water partition coefficient (Wildman–Crippen LogP) is 19.6. The van der Waals surface area contributed by atoms with E-state index >= 15 is 0 Å². The van der Waals surface area contributed by atoms with Gasteiger partial charge >= 0.3 is 33.6 Å². The molecule has 16 nitrogen and oxygen atoms in total. The van der Waals surface area contributed by atoms with Crippen LogP contribution in [0.3, 0.4) is 0 Å². The summed E-state index contributed by atoms with van der Waals surface area (Å²) in [7, 11) is -9.78. The number of rotatable bonds is 66. The molecule has 4 N–H and O–H groups in total. The fraction of sp³-hybridized carbons (Fsp3) is 0.712. The van der Waals surface area contributed by atoms with Crippen molar-refractivity contribution in [3.63, 3.8) is 0 Å². The van der Waals surface area contributed by atoms with E-state index < -0.39 is 91.5 Å². The molecule has 524 valence electrons. The van der Waals surface area contributed by atoms with E-state index in [0.29, 0.717) is 19.3 Å². The summed E-state index contributed by atoms with van der Waals surface area (Å²) in [5.41, 5.74) is 0. The van der Waals surface area contributed by atoms with Crippen LogP contribution in [0, 0.1) is 0 Å². The number of hydrogen-bond donors (Lipinski definition) is 4. The zero-order valence-electron chi connectivity index (χ0n) is 56.7. The number of carbonyl (C=O) groups excluding carboxylic acids is 3. The Morgan fingerprint density at radius 1 is 0.319 bits per heavy atom. The molecule has 0 bridgehead atoms. The van der Waals surface area contributed by atoms with Crippen molar-refractivity contribution in [1.29, 1.82) is 0 Å². The Kier molecular flexibility index (Phi) is 63.5. The second kappa shape index (κ2) is 66.2. The summed E-state index contributed by atoms with van der Waals surface area (Å²) in [6, 6.07) is 0. The summed E-state index contributed by atoms with van der Waals surface area (Å²) in [5.74, 6) is -1.61. The Labute approximate surface area is 551 Å². The molecule has 0 aromatic heterocycles. The van der Waals surface area contributed by atoms with Gasteiger partial charge in [0.1, 0.15) is 25.4 Å². The van der Waals surface area contributed by atoms with Crippen LogP contribution in [0.4, 0.5) is 0 Å². The highest BCUT2D eigenvalue weighted by molar-refractivity contribution is 7.47. The number of aliphatic hydroxyl groups excluding tert-OH is 2. The normalized spacial score (nSPS) is 14.8. The topological polar surface area (TPSA) is 231 Å². The van der Waals surface area contributed by atoms with Gasteiger partial charge in [-0.05, 0) is 122 Å². The SMILES string of the molecule is CC/C=C\C/C=C\C/C=C\C/C=C\C/C=C\C/C=C\CCCCCCCCCCC(=O)OCC(O)COP(=O)(O)OCC(O)COP(=O)(O)OCC(COC(=O)CCCCCCC/C=C\CCCCCCCC)OC(=O)CCCCCCC/C=C\C/C=C\CCC. The van der Waals surface area contributed by atoms with Gasteiger partial charge in [0.2, 0.25) is 0 Å². The van der Waals surface area contributed by atoms with Crippen LogP contribution < -0.4 is 0 Å². The van der Waals surface area contributed by atoms with Crippen molar-refractivity contribution in [3.8, 4) is 0 Å². The number of hydrogen-bond acceptors (Lipinski definition) is 14. The zero-order valence-corrected chi connectivity index (χ0v) is 58.5. The molecule has 0 spiro atoms. The maximum Gasteiger partial charge on any atom is 0.472 e. The lowest BCUT2D eigenvalue weighted by molar-refractivity contribution is -0.161. The summed E-state index contributed by atoms with van der Waals surface area (Å²) in [5, 5.41) is 20.6. The van der Waals surface area contributed by atoms with Crippen LogP contribution in [0.25, 0.3) is 0 Å². The molecule has 0 aromatic rings. The number of esters is 3. The molecule has 0 fully saturated rings. The van der Waals surface area contributed by atoms with Crippen LogP contribution in [0.2, 0.25) is 0 Å². The van der Waals surface area contributed by atoms with Gasteiger partial charge in [-0.1, -0.05) is 246 Å². The number of phosphoric acid groups is 2. The highest BCUT2D eigenvalue weighted by Crippen LogP contribution is 2.45. The van der Waals surface area contributed by atoms with E-state index in [0.717, 1.165) is 161 Å². The Morgan fingerprint density at radius 3 is 0.978 bits per heavy atom. The summed E-state index contributed by atoms with van der Waals surface area (Å²) in [6.07, 6.45) is 74.3. The number of carbonyl (C=O) groups is 3. The lowest BCUT2D eigenvalue weighted by atomic mass is 10.1. The van der Waals surface area contributed by atoms with Gasteiger partial charge in [-0.25, -0.2) is 9.13 Å². The lowest BCUT2D eigenvalue weighted by Crippen LogP contribution is -2.30. The molecule has 5 atom stereocenters. The first-order valence-corrected chi connectivity index (χ1v) is 38.2. The monoisotopic (exact) mass is 1320 g/mol. The smallest absolute Gasteiger partial charge is 0.463 e. The van der Waals surface area contributed by atoms with E-state index in [4.69, 9.17) is 32.3 Å². The quantitative estimate of drug-likeness (QED) is 0.0146. The molecule has 0 amide bonds. The summed E-state index contributed by atoms with van der Waals surface area (Å²) >= 11 is 0. The maximum absolute atomic E-state index is 12.9. The van der Waals surface area contributed by atoms with E-state index in [2.05, 4.69) is 130 Å². The third-order valence-electron chi connectivity index (χ3n) is 14.4. The average Bonchev–Trinajstić information content (AvgIpc) is 3.70. The number of aliphatic hydroxyl groups is 2. The number of unbranched alkanes of at least 4 members (excludes halogenated alkanes) is 25. The zero-order chi connectivity index (χ0) is 66.7. The van der Waals surface area contributed by atoms with Crippen LogP contribution >= 0.6 is 15.6 Å². The van der Waals surface area contributed by atoms with Gasteiger partial charge in [0.15, 0.2) is 6.10 Å². The van der Waals surface area contributed by atoms with Crippen LogP contribution in [-0.4, -0.2) is 95.9 Å². The molecule has 0 aliphatic heterocycles. The van der Waals surface area contributed by atoms with Crippen molar-refractivity contribution in [2.24, 2.45) is 0 Å². The van der Waals surface area contributed by atoms with Crippen molar-refractivity contribution in [3.05, 3.63) is 109 Å². The number of ether oxygens (including phenoxy) is 3. The first-order valence-electron chi connectivity index (χ1n) is 35.2. The molecule has 0 rings (SSSR count). The third kappa shape index (κ3) is 67.4. The van der Waals surface area contributed by atoms with E-state index in [1.807, 2.05) is 0 Å². The van der Waals surface area contributed by atoms with Crippen molar-refractivity contribution in [1.82, 2.24) is 0 Å². The third-order valence-corrected chi connectivity index (χ3v) is 16.3. The van der Waals surface area contributed by atoms with Crippen LogP contribution in [0.1, 0.15) is 278 Å². The van der Waals surface area contributed by atoms with Crippen molar-refractivity contribution < 1.29 is 75.8 Å². The van der Waals surface area contributed by atoms with Gasteiger partial charge in [0.25, 0.3) is 0 Å². The van der Waals surface area contributed by atoms with Crippen LogP contribution in [-0.2, 0) is 55.8 Å². The van der Waals surface area contributed by atoms with Gasteiger partial charge in [-0.3, -0.25) is 32.5 Å². The van der Waals surface area contributed by atoms with E-state index in [1.165, 1.54) is 57.8 Å². The molecular weight excluding hydrogens is 1190 g/mol. The Hall–Kier alpha value is -3.79. The summed E-state index contributed by atoms with van der Waals surface area (Å²) in [6.45, 7) is 2.45. The maximum atomic E-state index is 12.9. The summed E-state index contributed by atoms with van der Waals surface area (Å²) in [4.78, 5) is 58.3. The van der Waals surface area contributed by atoms with E-state index in [9.17, 15) is 43.5 Å². The minimum absolute atomic E-state index is 0.0863. The highest BCUT2D eigenvalue weighted by atomic mass is 31.2. The first kappa shape index (κ1) is 87.2. The minimum Gasteiger partial charge on any atom is -0.463 e. The highest BCUT2D eigenvalue weighted by Gasteiger charge is 2.29. The number of phosphoric ester groups is 2. The fourth-order valence-electron chi connectivity index (χ4n) is 9.08. The first-order chi connectivity index (χ1) is 44.2. The minimum atomic E-state index is -4.93. The van der Waals surface area contributed by atoms with Crippen molar-refractivity contribution in [2.75, 3.05) is 39.6 Å². The largest absolute Gasteiger partial charge is 0.472 e. The average molecular weight is 1320 g/mol. The molecule has 0 saturated heterocycles. The molecule has 0 aliphatic carbocycles. The van der Waals surface area contributed by atoms with Gasteiger partial charge in [-0.2, -0.15) is 0 Å². The molecule has 0 aromatic carbocycles.